The number of hydrogen-bond donors (Lipinski definition) is 2. The lowest BCUT2D eigenvalue weighted by molar-refractivity contribution is 0.637. The second-order valence-corrected chi connectivity index (χ2v) is 8.30. The van der Waals surface area contributed by atoms with Gasteiger partial charge < -0.3 is 10.6 Å². The third kappa shape index (κ3) is 5.88. The van der Waals surface area contributed by atoms with E-state index in [1.807, 2.05) is 12.4 Å². The first-order valence-corrected chi connectivity index (χ1v) is 11.3. The highest BCUT2D eigenvalue weighted by molar-refractivity contribution is 9.10. The lowest BCUT2D eigenvalue weighted by atomic mass is 9.97. The predicted molar refractivity (Wildman–Crippen MR) is 134 cm³/mol. The van der Waals surface area contributed by atoms with Gasteiger partial charge in [0, 0.05) is 48.4 Å². The minimum atomic E-state index is 0.821. The van der Waals surface area contributed by atoms with Gasteiger partial charge in [0.15, 0.2) is 0 Å². The van der Waals surface area contributed by atoms with Crippen molar-refractivity contribution in [2.24, 2.45) is 0 Å². The second-order valence-electron chi connectivity index (χ2n) is 7.39. The zero-order chi connectivity index (χ0) is 21.3. The van der Waals surface area contributed by atoms with Gasteiger partial charge in [-0.25, -0.2) is 0 Å². The monoisotopic (exact) mass is 471 g/mol. The first-order valence-electron chi connectivity index (χ1n) is 10.6. The van der Waals surface area contributed by atoms with Gasteiger partial charge in [0.1, 0.15) is 0 Å². The molecule has 4 rings (SSSR count). The van der Waals surface area contributed by atoms with Gasteiger partial charge in [-0.15, -0.1) is 0 Å². The van der Waals surface area contributed by atoms with Crippen LogP contribution in [0.2, 0.25) is 0 Å². The Kier molecular flexibility index (Phi) is 7.61. The first kappa shape index (κ1) is 21.4. The minimum absolute atomic E-state index is 0.821. The van der Waals surface area contributed by atoms with Crippen LogP contribution in [0, 0.1) is 0 Å². The molecule has 2 N–H and O–H groups in total. The standard InChI is InChI=1S/C27H26BrN3/c28-25-11-9-22(10-12-25)26(21-5-2-1-3-6-21)13-15-29-17-18-31-20-24-8-4-7-23-19-30-16-14-27(23)24/h1-14,16,19,29,31H,15,17-18,20H2/b26-13+. The normalized spacial score (nSPS) is 11.7. The average Bonchev–Trinajstić information content (AvgIpc) is 2.82. The van der Waals surface area contributed by atoms with Crippen LogP contribution in [0.25, 0.3) is 16.3 Å². The number of fused-ring (bicyclic) bond motifs is 1. The van der Waals surface area contributed by atoms with Gasteiger partial charge >= 0.3 is 0 Å². The van der Waals surface area contributed by atoms with Crippen LogP contribution in [-0.4, -0.2) is 24.6 Å². The summed E-state index contributed by atoms with van der Waals surface area (Å²) < 4.78 is 1.09. The summed E-state index contributed by atoms with van der Waals surface area (Å²) in [5.41, 5.74) is 5.01. The number of nitrogens with zero attached hydrogens (tertiary/aromatic N) is 1. The van der Waals surface area contributed by atoms with Gasteiger partial charge in [0.2, 0.25) is 0 Å². The highest BCUT2D eigenvalue weighted by atomic mass is 79.9. The van der Waals surface area contributed by atoms with E-state index in [1.54, 1.807) is 0 Å². The Morgan fingerprint density at radius 3 is 2.42 bits per heavy atom. The number of benzene rings is 3. The Bertz CT molecular complexity index is 1130. The SMILES string of the molecule is Brc1ccc(/C(=C/CNCCNCc2cccc3cnccc23)c2ccccc2)cc1. The number of halogens is 1. The molecule has 4 aromatic rings. The van der Waals surface area contributed by atoms with Crippen LogP contribution in [0.5, 0.6) is 0 Å². The van der Waals surface area contributed by atoms with Gasteiger partial charge in [0.05, 0.1) is 0 Å². The largest absolute Gasteiger partial charge is 0.312 e. The minimum Gasteiger partial charge on any atom is -0.312 e. The van der Waals surface area contributed by atoms with Crippen LogP contribution in [0.15, 0.2) is 102 Å². The molecule has 0 atom stereocenters. The molecule has 0 fully saturated rings. The molecule has 0 saturated heterocycles. The van der Waals surface area contributed by atoms with Crippen LogP contribution in [0.4, 0.5) is 0 Å². The molecule has 1 heterocycles. The van der Waals surface area contributed by atoms with Crippen molar-refractivity contribution in [2.75, 3.05) is 19.6 Å². The molecule has 3 aromatic carbocycles. The lowest BCUT2D eigenvalue weighted by Gasteiger charge is -2.11. The summed E-state index contributed by atoms with van der Waals surface area (Å²) in [5, 5.41) is 9.53. The van der Waals surface area contributed by atoms with Gasteiger partial charge in [-0.2, -0.15) is 0 Å². The Labute approximate surface area is 192 Å². The molecule has 0 aliphatic rings. The quantitative estimate of drug-likeness (QED) is 0.302. The summed E-state index contributed by atoms with van der Waals surface area (Å²) >= 11 is 3.53. The Morgan fingerprint density at radius 1 is 0.806 bits per heavy atom. The summed E-state index contributed by atoms with van der Waals surface area (Å²) in [4.78, 5) is 4.21. The van der Waals surface area contributed by atoms with Crippen LogP contribution in [0.1, 0.15) is 16.7 Å². The van der Waals surface area contributed by atoms with Crippen LogP contribution in [-0.2, 0) is 6.54 Å². The van der Waals surface area contributed by atoms with E-state index >= 15 is 0 Å². The van der Waals surface area contributed by atoms with Crippen LogP contribution < -0.4 is 10.6 Å². The maximum atomic E-state index is 4.21. The zero-order valence-electron chi connectivity index (χ0n) is 17.4. The van der Waals surface area contributed by atoms with Crippen LogP contribution in [0.3, 0.4) is 0 Å². The molecular formula is C27H26BrN3. The average molecular weight is 472 g/mol. The number of pyridine rings is 1. The Hall–Kier alpha value is -2.79. The highest BCUT2D eigenvalue weighted by Crippen LogP contribution is 2.24. The molecule has 0 amide bonds. The first-order chi connectivity index (χ1) is 15.3. The molecule has 0 saturated carbocycles. The van der Waals surface area contributed by atoms with Gasteiger partial charge in [0.25, 0.3) is 0 Å². The van der Waals surface area contributed by atoms with Gasteiger partial charge in [-0.05, 0) is 45.8 Å². The third-order valence-electron chi connectivity index (χ3n) is 5.26. The van der Waals surface area contributed by atoms with Crippen molar-refractivity contribution < 1.29 is 0 Å². The molecular weight excluding hydrogens is 446 g/mol. The van der Waals surface area contributed by atoms with Crippen molar-refractivity contribution in [1.82, 2.24) is 15.6 Å². The number of nitrogens with one attached hydrogen (secondary N) is 2. The van der Waals surface area contributed by atoms with Gasteiger partial charge in [-0.1, -0.05) is 82.7 Å². The van der Waals surface area contributed by atoms with Crippen molar-refractivity contribution in [2.45, 2.75) is 6.54 Å². The molecule has 0 unspecified atom stereocenters. The van der Waals surface area contributed by atoms with E-state index in [4.69, 9.17) is 0 Å². The molecule has 0 aliphatic heterocycles. The van der Waals surface area contributed by atoms with Crippen LogP contribution >= 0.6 is 15.9 Å². The molecule has 4 heteroatoms. The van der Waals surface area contributed by atoms with Crippen molar-refractivity contribution in [3.63, 3.8) is 0 Å². The highest BCUT2D eigenvalue weighted by Gasteiger charge is 2.04. The van der Waals surface area contributed by atoms with E-state index in [2.05, 4.69) is 116 Å². The fourth-order valence-corrected chi connectivity index (χ4v) is 3.93. The lowest BCUT2D eigenvalue weighted by Crippen LogP contribution is -2.27. The molecule has 0 spiro atoms. The maximum absolute atomic E-state index is 4.21. The summed E-state index contributed by atoms with van der Waals surface area (Å²) in [7, 11) is 0. The molecule has 1 aromatic heterocycles. The third-order valence-corrected chi connectivity index (χ3v) is 5.78. The maximum Gasteiger partial charge on any atom is 0.0346 e. The second kappa shape index (κ2) is 11.0. The molecule has 156 valence electrons. The smallest absolute Gasteiger partial charge is 0.0346 e. The zero-order valence-corrected chi connectivity index (χ0v) is 19.0. The Morgan fingerprint density at radius 2 is 1.58 bits per heavy atom. The molecule has 31 heavy (non-hydrogen) atoms. The fourth-order valence-electron chi connectivity index (χ4n) is 3.67. The number of aromatic nitrogens is 1. The molecule has 0 bridgehead atoms. The van der Waals surface area contributed by atoms with E-state index in [-0.39, 0.29) is 0 Å². The summed E-state index contributed by atoms with van der Waals surface area (Å²) in [5.74, 6) is 0. The number of hydrogen-bond acceptors (Lipinski definition) is 3. The van der Waals surface area contributed by atoms with Crippen molar-refractivity contribution in [3.05, 3.63) is 118 Å². The Balaban J connectivity index is 1.31. The van der Waals surface area contributed by atoms with E-state index in [0.29, 0.717) is 0 Å². The van der Waals surface area contributed by atoms with Crippen molar-refractivity contribution in [3.8, 4) is 0 Å². The van der Waals surface area contributed by atoms with Crippen molar-refractivity contribution in [1.29, 1.82) is 0 Å². The predicted octanol–water partition coefficient (Wildman–Crippen LogP) is 5.81. The van der Waals surface area contributed by atoms with E-state index < -0.39 is 0 Å². The fraction of sp³-hybridized carbons (Fsp3) is 0.148. The molecule has 0 aliphatic carbocycles. The summed E-state index contributed by atoms with van der Waals surface area (Å²) in [6.45, 7) is 3.49. The summed E-state index contributed by atoms with van der Waals surface area (Å²) in [6, 6.07) is 27.5. The molecule has 0 radical (unpaired) electrons. The summed E-state index contributed by atoms with van der Waals surface area (Å²) in [6.07, 6.45) is 6.05. The van der Waals surface area contributed by atoms with E-state index in [1.165, 1.54) is 33.0 Å². The van der Waals surface area contributed by atoms with Gasteiger partial charge in [-0.3, -0.25) is 4.98 Å². The van der Waals surface area contributed by atoms with E-state index in [9.17, 15) is 0 Å². The molecule has 3 nitrogen and oxygen atoms in total. The number of rotatable bonds is 9. The van der Waals surface area contributed by atoms with E-state index in [0.717, 1.165) is 30.7 Å². The topological polar surface area (TPSA) is 37.0 Å². The van der Waals surface area contributed by atoms with Crippen molar-refractivity contribution >= 4 is 32.3 Å².